The van der Waals surface area contributed by atoms with Crippen molar-refractivity contribution in [2.75, 3.05) is 6.54 Å². The molecule has 0 N–H and O–H groups in total. The van der Waals surface area contributed by atoms with E-state index in [9.17, 15) is 4.79 Å². The molecule has 4 rings (SSSR count). The van der Waals surface area contributed by atoms with Crippen LogP contribution in [0.3, 0.4) is 0 Å². The first-order valence-corrected chi connectivity index (χ1v) is 8.00. The Bertz CT molecular complexity index is 826. The second kappa shape index (κ2) is 5.88. The van der Waals surface area contributed by atoms with Crippen molar-refractivity contribution < 1.29 is 9.32 Å². The zero-order chi connectivity index (χ0) is 15.6. The van der Waals surface area contributed by atoms with Crippen LogP contribution in [0.1, 0.15) is 30.1 Å². The average molecular weight is 306 g/mol. The maximum absolute atomic E-state index is 12.8. The van der Waals surface area contributed by atoms with Crippen LogP contribution in [0.2, 0.25) is 0 Å². The first-order chi connectivity index (χ1) is 11.3. The third-order valence-electron chi connectivity index (χ3n) is 4.53. The standard InChI is InChI=1S/C19H18N2O2/c22-19(13-16-15-9-4-5-11-18(15)23-20-16)21-12-6-10-17(21)14-7-2-1-3-8-14/h1-5,7-9,11,17H,6,10,12-13H2. The number of aromatic nitrogens is 1. The molecule has 1 aliphatic heterocycles. The van der Waals surface area contributed by atoms with E-state index >= 15 is 0 Å². The lowest BCUT2D eigenvalue weighted by Gasteiger charge is -2.25. The van der Waals surface area contributed by atoms with Gasteiger partial charge in [-0.2, -0.15) is 0 Å². The van der Waals surface area contributed by atoms with Crippen LogP contribution in [-0.2, 0) is 11.2 Å². The Morgan fingerprint density at radius 3 is 2.78 bits per heavy atom. The summed E-state index contributed by atoms with van der Waals surface area (Å²) >= 11 is 0. The number of para-hydroxylation sites is 1. The second-order valence-corrected chi connectivity index (χ2v) is 5.96. The minimum Gasteiger partial charge on any atom is -0.356 e. The summed E-state index contributed by atoms with van der Waals surface area (Å²) in [6.07, 6.45) is 2.36. The smallest absolute Gasteiger partial charge is 0.229 e. The molecule has 1 aliphatic rings. The van der Waals surface area contributed by atoms with Gasteiger partial charge in [0.1, 0.15) is 5.69 Å². The predicted octanol–water partition coefficient (Wildman–Crippen LogP) is 3.73. The molecular weight excluding hydrogens is 288 g/mol. The van der Waals surface area contributed by atoms with Crippen LogP contribution in [-0.4, -0.2) is 22.5 Å². The number of rotatable bonds is 3. The van der Waals surface area contributed by atoms with Crippen molar-refractivity contribution in [3.05, 3.63) is 65.9 Å². The van der Waals surface area contributed by atoms with Crippen LogP contribution >= 0.6 is 0 Å². The van der Waals surface area contributed by atoms with E-state index in [2.05, 4.69) is 17.3 Å². The van der Waals surface area contributed by atoms with Gasteiger partial charge in [-0.25, -0.2) is 0 Å². The highest BCUT2D eigenvalue weighted by Crippen LogP contribution is 2.32. The molecule has 1 amide bonds. The lowest BCUT2D eigenvalue weighted by Crippen LogP contribution is -2.31. The largest absolute Gasteiger partial charge is 0.356 e. The van der Waals surface area contributed by atoms with Crippen LogP contribution < -0.4 is 0 Å². The molecule has 1 fully saturated rings. The number of likely N-dealkylation sites (tertiary alicyclic amines) is 1. The topological polar surface area (TPSA) is 46.3 Å². The van der Waals surface area contributed by atoms with Gasteiger partial charge in [-0.1, -0.05) is 47.6 Å². The molecule has 0 saturated carbocycles. The van der Waals surface area contributed by atoms with Gasteiger partial charge in [0, 0.05) is 11.9 Å². The molecule has 0 aliphatic carbocycles. The van der Waals surface area contributed by atoms with E-state index in [1.54, 1.807) is 0 Å². The Labute approximate surface area is 134 Å². The summed E-state index contributed by atoms with van der Waals surface area (Å²) in [7, 11) is 0. The van der Waals surface area contributed by atoms with Crippen molar-refractivity contribution in [3.8, 4) is 0 Å². The zero-order valence-corrected chi connectivity index (χ0v) is 12.8. The van der Waals surface area contributed by atoms with E-state index in [0.717, 1.165) is 36.0 Å². The summed E-state index contributed by atoms with van der Waals surface area (Å²) in [5.74, 6) is 0.121. The highest BCUT2D eigenvalue weighted by Gasteiger charge is 2.30. The number of hydrogen-bond donors (Lipinski definition) is 0. The Morgan fingerprint density at radius 2 is 1.91 bits per heavy atom. The molecule has 0 radical (unpaired) electrons. The number of fused-ring (bicyclic) bond motifs is 1. The van der Waals surface area contributed by atoms with Gasteiger partial charge in [0.15, 0.2) is 5.58 Å². The van der Waals surface area contributed by atoms with Crippen LogP contribution in [0.5, 0.6) is 0 Å². The molecule has 0 bridgehead atoms. The number of carbonyl (C=O) groups excluding carboxylic acids is 1. The molecule has 116 valence electrons. The zero-order valence-electron chi connectivity index (χ0n) is 12.8. The van der Waals surface area contributed by atoms with Gasteiger partial charge in [-0.3, -0.25) is 4.79 Å². The lowest BCUT2D eigenvalue weighted by molar-refractivity contribution is -0.131. The maximum Gasteiger partial charge on any atom is 0.229 e. The van der Waals surface area contributed by atoms with Crippen molar-refractivity contribution in [1.82, 2.24) is 10.1 Å². The molecule has 3 aromatic rings. The normalized spacial score (nSPS) is 17.7. The fourth-order valence-electron chi connectivity index (χ4n) is 3.40. The van der Waals surface area contributed by atoms with Gasteiger partial charge < -0.3 is 9.42 Å². The molecule has 4 heteroatoms. The van der Waals surface area contributed by atoms with Crippen molar-refractivity contribution in [2.45, 2.75) is 25.3 Å². The van der Waals surface area contributed by atoms with Gasteiger partial charge in [0.2, 0.25) is 5.91 Å². The van der Waals surface area contributed by atoms with Crippen molar-refractivity contribution in [3.63, 3.8) is 0 Å². The summed E-state index contributed by atoms with van der Waals surface area (Å²) in [6, 6.07) is 18.1. The van der Waals surface area contributed by atoms with Crippen LogP contribution in [0.25, 0.3) is 11.0 Å². The Hall–Kier alpha value is -2.62. The van der Waals surface area contributed by atoms with Crippen molar-refractivity contribution in [2.24, 2.45) is 0 Å². The Kier molecular flexibility index (Phi) is 3.58. The molecule has 0 spiro atoms. The second-order valence-electron chi connectivity index (χ2n) is 5.96. The third kappa shape index (κ3) is 2.61. The molecule has 1 aromatic heterocycles. The number of hydrogen-bond acceptors (Lipinski definition) is 3. The van der Waals surface area contributed by atoms with Crippen LogP contribution in [0.4, 0.5) is 0 Å². The molecular formula is C19H18N2O2. The van der Waals surface area contributed by atoms with Gasteiger partial charge in [0.25, 0.3) is 0 Å². The van der Waals surface area contributed by atoms with E-state index in [0.29, 0.717) is 6.42 Å². The predicted molar refractivity (Wildman–Crippen MR) is 87.8 cm³/mol. The number of amides is 1. The molecule has 1 unspecified atom stereocenters. The molecule has 1 atom stereocenters. The molecule has 2 heterocycles. The van der Waals surface area contributed by atoms with Gasteiger partial charge >= 0.3 is 0 Å². The summed E-state index contributed by atoms with van der Waals surface area (Å²) < 4.78 is 5.30. The van der Waals surface area contributed by atoms with E-state index in [1.165, 1.54) is 5.56 Å². The lowest BCUT2D eigenvalue weighted by atomic mass is 10.0. The van der Waals surface area contributed by atoms with Gasteiger partial charge in [-0.05, 0) is 30.5 Å². The molecule has 2 aromatic carbocycles. The molecule has 1 saturated heterocycles. The SMILES string of the molecule is O=C(Cc1noc2ccccc12)N1CCCC1c1ccccc1. The summed E-state index contributed by atoms with van der Waals surface area (Å²) in [6.45, 7) is 0.814. The van der Waals surface area contributed by atoms with E-state index in [-0.39, 0.29) is 11.9 Å². The number of nitrogens with zero attached hydrogens (tertiary/aromatic N) is 2. The number of carbonyl (C=O) groups is 1. The minimum atomic E-state index is 0.121. The average Bonchev–Trinajstić information content (AvgIpc) is 3.23. The third-order valence-corrected chi connectivity index (χ3v) is 4.53. The van der Waals surface area contributed by atoms with E-state index in [1.807, 2.05) is 47.4 Å². The van der Waals surface area contributed by atoms with E-state index in [4.69, 9.17) is 4.52 Å². The van der Waals surface area contributed by atoms with Gasteiger partial charge in [0.05, 0.1) is 12.5 Å². The Morgan fingerprint density at radius 1 is 1.13 bits per heavy atom. The summed E-state index contributed by atoms with van der Waals surface area (Å²) in [5, 5.41) is 5.01. The minimum absolute atomic E-state index is 0.121. The first-order valence-electron chi connectivity index (χ1n) is 8.00. The number of benzene rings is 2. The summed E-state index contributed by atoms with van der Waals surface area (Å²) in [5.41, 5.74) is 2.67. The van der Waals surface area contributed by atoms with E-state index < -0.39 is 0 Å². The Balaban J connectivity index is 1.56. The maximum atomic E-state index is 12.8. The quantitative estimate of drug-likeness (QED) is 0.740. The van der Waals surface area contributed by atoms with Crippen LogP contribution in [0.15, 0.2) is 59.1 Å². The molecule has 4 nitrogen and oxygen atoms in total. The van der Waals surface area contributed by atoms with Crippen molar-refractivity contribution in [1.29, 1.82) is 0 Å². The fourth-order valence-corrected chi connectivity index (χ4v) is 3.40. The van der Waals surface area contributed by atoms with Gasteiger partial charge in [-0.15, -0.1) is 0 Å². The van der Waals surface area contributed by atoms with Crippen molar-refractivity contribution >= 4 is 16.9 Å². The fraction of sp³-hybridized carbons (Fsp3) is 0.263. The monoisotopic (exact) mass is 306 g/mol. The first kappa shape index (κ1) is 14.0. The van der Waals surface area contributed by atoms with Crippen LogP contribution in [0, 0.1) is 0 Å². The molecule has 23 heavy (non-hydrogen) atoms. The summed E-state index contributed by atoms with van der Waals surface area (Å²) in [4.78, 5) is 14.8. The highest BCUT2D eigenvalue weighted by molar-refractivity contribution is 5.86. The highest BCUT2D eigenvalue weighted by atomic mass is 16.5.